The summed E-state index contributed by atoms with van der Waals surface area (Å²) < 4.78 is 0. The second kappa shape index (κ2) is 2.43. The Kier molecular flexibility index (Phi) is 1.43. The van der Waals surface area contributed by atoms with Crippen LogP contribution in [0.2, 0.25) is 0 Å². The molecular formula is C8H10N2O. The Morgan fingerprint density at radius 2 is 2.18 bits per heavy atom. The summed E-state index contributed by atoms with van der Waals surface area (Å²) in [5.41, 5.74) is 1.86. The van der Waals surface area contributed by atoms with Gasteiger partial charge in [-0.05, 0) is 12.1 Å². The molecule has 0 atom stereocenters. The molecule has 3 nitrogen and oxygen atoms in total. The lowest BCUT2D eigenvalue weighted by Gasteiger charge is -2.25. The minimum Gasteiger partial charge on any atom is -0.381 e. The first kappa shape index (κ1) is 6.49. The van der Waals surface area contributed by atoms with Gasteiger partial charge in [-0.1, -0.05) is 12.1 Å². The van der Waals surface area contributed by atoms with Crippen LogP contribution in [-0.4, -0.2) is 18.3 Å². The number of para-hydroxylation sites is 2. The lowest BCUT2D eigenvalue weighted by atomic mass is 10.2. The molecule has 58 valence electrons. The number of hydroxylamine groups is 1. The number of benzene rings is 1. The van der Waals surface area contributed by atoms with E-state index in [1.165, 1.54) is 5.06 Å². The van der Waals surface area contributed by atoms with Crippen LogP contribution in [0.3, 0.4) is 0 Å². The molecule has 0 aliphatic carbocycles. The first-order valence-electron chi connectivity index (χ1n) is 3.67. The van der Waals surface area contributed by atoms with Gasteiger partial charge in [0, 0.05) is 6.54 Å². The van der Waals surface area contributed by atoms with Gasteiger partial charge in [0.25, 0.3) is 0 Å². The summed E-state index contributed by atoms with van der Waals surface area (Å²) in [4.78, 5) is 0. The normalized spacial score (nSPS) is 15.5. The second-order valence-corrected chi connectivity index (χ2v) is 2.57. The van der Waals surface area contributed by atoms with E-state index in [2.05, 4.69) is 5.32 Å². The van der Waals surface area contributed by atoms with Gasteiger partial charge in [0.1, 0.15) is 0 Å². The van der Waals surface area contributed by atoms with Crippen molar-refractivity contribution in [2.45, 2.75) is 0 Å². The third kappa shape index (κ3) is 1.03. The van der Waals surface area contributed by atoms with Gasteiger partial charge in [0.15, 0.2) is 0 Å². The van der Waals surface area contributed by atoms with Gasteiger partial charge in [0.05, 0.1) is 17.9 Å². The lowest BCUT2D eigenvalue weighted by molar-refractivity contribution is 0.256. The fraction of sp³-hybridized carbons (Fsp3) is 0.250. The highest BCUT2D eigenvalue weighted by atomic mass is 16.5. The van der Waals surface area contributed by atoms with Gasteiger partial charge in [-0.15, -0.1) is 0 Å². The van der Waals surface area contributed by atoms with Crippen molar-refractivity contribution in [2.24, 2.45) is 0 Å². The zero-order valence-corrected chi connectivity index (χ0v) is 6.12. The largest absolute Gasteiger partial charge is 0.381 e. The zero-order chi connectivity index (χ0) is 7.68. The predicted octanol–water partition coefficient (Wildman–Crippen LogP) is 1.31. The number of hydrogen-bond donors (Lipinski definition) is 2. The minimum absolute atomic E-state index is 0.650. The highest BCUT2D eigenvalue weighted by Crippen LogP contribution is 2.26. The van der Waals surface area contributed by atoms with E-state index in [4.69, 9.17) is 0 Å². The van der Waals surface area contributed by atoms with E-state index in [-0.39, 0.29) is 0 Å². The predicted molar refractivity (Wildman–Crippen MR) is 44.1 cm³/mol. The van der Waals surface area contributed by atoms with Crippen molar-refractivity contribution in [1.29, 1.82) is 0 Å². The smallest absolute Gasteiger partial charge is 0.0866 e. The molecule has 0 unspecified atom stereocenters. The van der Waals surface area contributed by atoms with Gasteiger partial charge in [-0.3, -0.25) is 10.3 Å². The Hall–Kier alpha value is -1.22. The van der Waals surface area contributed by atoms with Crippen molar-refractivity contribution in [3.63, 3.8) is 0 Å². The van der Waals surface area contributed by atoms with Crippen molar-refractivity contribution >= 4 is 11.4 Å². The summed E-state index contributed by atoms with van der Waals surface area (Å²) in [5, 5.41) is 13.8. The Morgan fingerprint density at radius 3 is 3.00 bits per heavy atom. The van der Waals surface area contributed by atoms with E-state index < -0.39 is 0 Å². The second-order valence-electron chi connectivity index (χ2n) is 2.57. The highest BCUT2D eigenvalue weighted by Gasteiger charge is 2.12. The van der Waals surface area contributed by atoms with Crippen molar-refractivity contribution in [3.05, 3.63) is 24.3 Å². The molecule has 1 aromatic rings. The molecule has 2 N–H and O–H groups in total. The van der Waals surface area contributed by atoms with Crippen LogP contribution in [0.4, 0.5) is 11.4 Å². The maximum absolute atomic E-state index is 9.35. The van der Waals surface area contributed by atoms with E-state index >= 15 is 0 Å². The van der Waals surface area contributed by atoms with Crippen LogP contribution in [0.15, 0.2) is 24.3 Å². The molecule has 0 saturated heterocycles. The van der Waals surface area contributed by atoms with E-state index in [0.717, 1.165) is 17.9 Å². The fourth-order valence-electron chi connectivity index (χ4n) is 1.27. The average molecular weight is 150 g/mol. The minimum atomic E-state index is 0.650. The number of nitrogens with one attached hydrogen (secondary N) is 1. The molecular weight excluding hydrogens is 140 g/mol. The molecule has 1 heterocycles. The summed E-state index contributed by atoms with van der Waals surface area (Å²) in [6, 6.07) is 7.71. The Bertz CT molecular complexity index is 262. The highest BCUT2D eigenvalue weighted by molar-refractivity contribution is 5.70. The Labute approximate surface area is 65.2 Å². The van der Waals surface area contributed by atoms with Crippen molar-refractivity contribution < 1.29 is 5.21 Å². The van der Waals surface area contributed by atoms with E-state index in [9.17, 15) is 5.21 Å². The monoisotopic (exact) mass is 150 g/mol. The number of hydrogen-bond acceptors (Lipinski definition) is 3. The molecule has 1 aromatic carbocycles. The molecule has 1 aliphatic rings. The molecule has 0 bridgehead atoms. The maximum atomic E-state index is 9.35. The average Bonchev–Trinajstić information content (AvgIpc) is 2.06. The molecule has 0 aromatic heterocycles. The van der Waals surface area contributed by atoms with Crippen LogP contribution in [-0.2, 0) is 0 Å². The quantitative estimate of drug-likeness (QED) is 0.585. The number of fused-ring (bicyclic) bond motifs is 1. The summed E-state index contributed by atoms with van der Waals surface area (Å²) in [7, 11) is 0. The topological polar surface area (TPSA) is 35.5 Å². The number of rotatable bonds is 0. The third-order valence-corrected chi connectivity index (χ3v) is 1.82. The van der Waals surface area contributed by atoms with Crippen LogP contribution in [0.25, 0.3) is 0 Å². The first-order chi connectivity index (χ1) is 5.38. The fourth-order valence-corrected chi connectivity index (χ4v) is 1.27. The maximum Gasteiger partial charge on any atom is 0.0866 e. The van der Waals surface area contributed by atoms with Crippen molar-refractivity contribution in [2.75, 3.05) is 23.5 Å². The van der Waals surface area contributed by atoms with Gasteiger partial charge >= 0.3 is 0 Å². The first-order valence-corrected chi connectivity index (χ1v) is 3.67. The van der Waals surface area contributed by atoms with Gasteiger partial charge in [-0.2, -0.15) is 0 Å². The van der Waals surface area contributed by atoms with Gasteiger partial charge < -0.3 is 5.32 Å². The van der Waals surface area contributed by atoms with E-state index in [1.54, 1.807) is 0 Å². The molecule has 2 rings (SSSR count). The van der Waals surface area contributed by atoms with Gasteiger partial charge in [0.2, 0.25) is 0 Å². The molecule has 0 fully saturated rings. The van der Waals surface area contributed by atoms with Crippen molar-refractivity contribution in [1.82, 2.24) is 0 Å². The summed E-state index contributed by atoms with van der Waals surface area (Å²) in [5.74, 6) is 0. The Balaban J connectivity index is 2.44. The SMILES string of the molecule is ON1CCNc2ccccc21. The molecule has 0 amide bonds. The molecule has 0 saturated carbocycles. The van der Waals surface area contributed by atoms with Crippen LogP contribution >= 0.6 is 0 Å². The molecule has 3 heteroatoms. The summed E-state index contributed by atoms with van der Waals surface area (Å²) in [6.07, 6.45) is 0. The van der Waals surface area contributed by atoms with Crippen LogP contribution in [0, 0.1) is 0 Å². The molecule has 0 radical (unpaired) electrons. The Morgan fingerprint density at radius 1 is 1.36 bits per heavy atom. The standard InChI is InChI=1S/C8H10N2O/c11-10-6-5-9-7-3-1-2-4-8(7)10/h1-4,9,11H,5-6H2. The number of nitrogens with zero attached hydrogens (tertiary/aromatic N) is 1. The van der Waals surface area contributed by atoms with Crippen LogP contribution in [0.1, 0.15) is 0 Å². The lowest BCUT2D eigenvalue weighted by Crippen LogP contribution is -2.30. The van der Waals surface area contributed by atoms with Gasteiger partial charge in [-0.25, -0.2) is 0 Å². The molecule has 0 spiro atoms. The van der Waals surface area contributed by atoms with Crippen molar-refractivity contribution in [3.8, 4) is 0 Å². The zero-order valence-electron chi connectivity index (χ0n) is 6.12. The van der Waals surface area contributed by atoms with Crippen LogP contribution in [0.5, 0.6) is 0 Å². The summed E-state index contributed by atoms with van der Waals surface area (Å²) >= 11 is 0. The molecule has 11 heavy (non-hydrogen) atoms. The van der Waals surface area contributed by atoms with Crippen LogP contribution < -0.4 is 10.4 Å². The number of anilines is 2. The van der Waals surface area contributed by atoms with E-state index in [0.29, 0.717) is 6.54 Å². The summed E-state index contributed by atoms with van der Waals surface area (Å²) in [6.45, 7) is 1.45. The molecule has 1 aliphatic heterocycles. The third-order valence-electron chi connectivity index (χ3n) is 1.82. The van der Waals surface area contributed by atoms with E-state index in [1.807, 2.05) is 24.3 Å².